The van der Waals surface area contributed by atoms with Crippen molar-refractivity contribution in [3.63, 3.8) is 0 Å². The van der Waals surface area contributed by atoms with Crippen molar-refractivity contribution in [1.82, 2.24) is 20.0 Å². The molecular formula is C16H24N4O4. The fourth-order valence-electron chi connectivity index (χ4n) is 3.33. The van der Waals surface area contributed by atoms with Gasteiger partial charge in [0, 0.05) is 39.8 Å². The molecule has 1 aromatic heterocycles. The highest BCUT2D eigenvalue weighted by molar-refractivity contribution is 5.92. The highest BCUT2D eigenvalue weighted by atomic mass is 16.6. The van der Waals surface area contributed by atoms with Crippen LogP contribution in [-0.2, 0) is 21.3 Å². The molecule has 132 valence electrons. The Balaban J connectivity index is 1.50. The third-order valence-corrected chi connectivity index (χ3v) is 4.80. The molecule has 0 aliphatic carbocycles. The van der Waals surface area contributed by atoms with Crippen LogP contribution in [0.1, 0.15) is 29.8 Å². The van der Waals surface area contributed by atoms with E-state index < -0.39 is 0 Å². The van der Waals surface area contributed by atoms with Crippen molar-refractivity contribution in [1.29, 1.82) is 0 Å². The molecule has 0 bridgehead atoms. The van der Waals surface area contributed by atoms with Gasteiger partial charge in [-0.3, -0.25) is 14.3 Å². The Morgan fingerprint density at radius 3 is 2.83 bits per heavy atom. The number of rotatable bonds is 4. The number of hydrogen-bond donors (Lipinski definition) is 1. The van der Waals surface area contributed by atoms with Crippen molar-refractivity contribution in [3.8, 4) is 0 Å². The molecule has 1 N–H and O–H groups in total. The molecule has 0 saturated carbocycles. The maximum atomic E-state index is 12.4. The monoisotopic (exact) mass is 336 g/mol. The third kappa shape index (κ3) is 3.59. The molecule has 1 atom stereocenters. The van der Waals surface area contributed by atoms with Crippen LogP contribution >= 0.6 is 0 Å². The van der Waals surface area contributed by atoms with Crippen LogP contribution in [0.25, 0.3) is 0 Å². The maximum absolute atomic E-state index is 12.4. The first-order valence-corrected chi connectivity index (χ1v) is 8.26. The topological polar surface area (TPSA) is 85.7 Å². The molecule has 8 nitrogen and oxygen atoms in total. The Bertz CT molecular complexity index is 607. The van der Waals surface area contributed by atoms with E-state index in [0.717, 1.165) is 19.3 Å². The number of nitrogens with one attached hydrogen (secondary N) is 1. The van der Waals surface area contributed by atoms with Gasteiger partial charge in [-0.15, -0.1) is 0 Å². The average molecular weight is 336 g/mol. The van der Waals surface area contributed by atoms with E-state index in [0.29, 0.717) is 25.4 Å². The van der Waals surface area contributed by atoms with E-state index in [1.54, 1.807) is 31.0 Å². The zero-order valence-electron chi connectivity index (χ0n) is 14.2. The fraction of sp³-hybridized carbons (Fsp3) is 0.688. The number of aromatic nitrogens is 2. The third-order valence-electron chi connectivity index (χ3n) is 4.80. The number of likely N-dealkylation sites (tertiary alicyclic amines) is 1. The van der Waals surface area contributed by atoms with Crippen LogP contribution < -0.4 is 5.32 Å². The molecule has 24 heavy (non-hydrogen) atoms. The van der Waals surface area contributed by atoms with Crippen LogP contribution in [0.15, 0.2) is 12.3 Å². The normalized spacial score (nSPS) is 22.8. The van der Waals surface area contributed by atoms with E-state index in [4.69, 9.17) is 9.47 Å². The summed E-state index contributed by atoms with van der Waals surface area (Å²) in [6.45, 7) is 1.87. The number of ether oxygens (including phenoxy) is 2. The van der Waals surface area contributed by atoms with Gasteiger partial charge in [0.25, 0.3) is 5.91 Å². The highest BCUT2D eigenvalue weighted by Crippen LogP contribution is 2.37. The summed E-state index contributed by atoms with van der Waals surface area (Å²) in [5, 5.41) is 6.71. The molecule has 2 amide bonds. The Morgan fingerprint density at radius 1 is 1.46 bits per heavy atom. The summed E-state index contributed by atoms with van der Waals surface area (Å²) in [6, 6.07) is 1.74. The lowest BCUT2D eigenvalue weighted by Gasteiger charge is -2.38. The first-order chi connectivity index (χ1) is 11.5. The summed E-state index contributed by atoms with van der Waals surface area (Å²) in [5.41, 5.74) is 0.251. The van der Waals surface area contributed by atoms with Gasteiger partial charge in [0.2, 0.25) is 5.91 Å². The van der Waals surface area contributed by atoms with Gasteiger partial charge in [-0.2, -0.15) is 5.10 Å². The van der Waals surface area contributed by atoms with Gasteiger partial charge in [-0.05, 0) is 18.9 Å². The number of aryl methyl sites for hydroxylation is 1. The Hall–Kier alpha value is -1.93. The number of carbonyl (C=O) groups is 2. The molecule has 8 heteroatoms. The van der Waals surface area contributed by atoms with Gasteiger partial charge in [-0.25, -0.2) is 0 Å². The van der Waals surface area contributed by atoms with Gasteiger partial charge in [0.1, 0.15) is 12.3 Å². The Kier molecular flexibility index (Phi) is 4.86. The van der Waals surface area contributed by atoms with Crippen molar-refractivity contribution < 1.29 is 19.1 Å². The molecule has 3 rings (SSSR count). The summed E-state index contributed by atoms with van der Waals surface area (Å²) in [7, 11) is 3.39. The second kappa shape index (κ2) is 6.90. The van der Waals surface area contributed by atoms with Crippen LogP contribution in [0.2, 0.25) is 0 Å². The molecule has 0 unspecified atom stereocenters. The molecule has 0 radical (unpaired) electrons. The zero-order valence-corrected chi connectivity index (χ0v) is 14.2. The summed E-state index contributed by atoms with van der Waals surface area (Å²) in [4.78, 5) is 25.5. The van der Waals surface area contributed by atoms with Crippen LogP contribution in [0.4, 0.5) is 0 Å². The van der Waals surface area contributed by atoms with E-state index in [2.05, 4.69) is 10.4 Å². The second-order valence-corrected chi connectivity index (χ2v) is 6.47. The second-order valence-electron chi connectivity index (χ2n) is 6.47. The number of likely N-dealkylation sites (N-methyl/N-ethyl adjacent to an activating group) is 1. The van der Waals surface area contributed by atoms with Crippen molar-refractivity contribution in [3.05, 3.63) is 18.0 Å². The number of piperidine rings is 1. The lowest BCUT2D eigenvalue weighted by atomic mass is 9.88. The van der Waals surface area contributed by atoms with E-state index in [1.165, 1.54) is 0 Å². The molecule has 2 fully saturated rings. The molecule has 3 heterocycles. The van der Waals surface area contributed by atoms with Crippen molar-refractivity contribution in [2.45, 2.75) is 31.0 Å². The fourth-order valence-corrected chi connectivity index (χ4v) is 3.33. The van der Waals surface area contributed by atoms with Crippen LogP contribution in [-0.4, -0.2) is 71.6 Å². The number of hydrogen-bond acceptors (Lipinski definition) is 5. The Labute approximate surface area is 141 Å². The van der Waals surface area contributed by atoms with E-state index >= 15 is 0 Å². The maximum Gasteiger partial charge on any atom is 0.274 e. The van der Waals surface area contributed by atoms with Gasteiger partial charge in [0.05, 0.1) is 18.3 Å². The van der Waals surface area contributed by atoms with Gasteiger partial charge in [0.15, 0.2) is 0 Å². The van der Waals surface area contributed by atoms with Gasteiger partial charge < -0.3 is 19.7 Å². The van der Waals surface area contributed by atoms with Crippen molar-refractivity contribution in [2.24, 2.45) is 7.05 Å². The predicted octanol–water partition coefficient (Wildman–Crippen LogP) is -0.0536. The molecule has 1 spiro atoms. The van der Waals surface area contributed by atoms with Crippen LogP contribution in [0, 0.1) is 0 Å². The molecule has 2 aliphatic heterocycles. The summed E-state index contributed by atoms with van der Waals surface area (Å²) in [5.74, 6) is -0.164. The van der Waals surface area contributed by atoms with E-state index in [-0.39, 0.29) is 30.1 Å². The molecule has 2 aliphatic rings. The van der Waals surface area contributed by atoms with Crippen LogP contribution in [0.5, 0.6) is 0 Å². The van der Waals surface area contributed by atoms with E-state index in [9.17, 15) is 9.59 Å². The molecule has 2 saturated heterocycles. The Morgan fingerprint density at radius 2 is 2.21 bits per heavy atom. The highest BCUT2D eigenvalue weighted by Gasteiger charge is 2.44. The van der Waals surface area contributed by atoms with E-state index in [1.807, 2.05) is 4.90 Å². The standard InChI is InChI=1S/C16H24N4O4/c1-17-14(21)11-23-12-9-16(24-10-12)4-7-20(8-5-16)15(22)13-3-6-19(2)18-13/h3,6,12H,4-5,7-11H2,1-2H3,(H,17,21)/t12-/m0/s1. The lowest BCUT2D eigenvalue weighted by molar-refractivity contribution is -0.127. The average Bonchev–Trinajstić information content (AvgIpc) is 3.19. The zero-order chi connectivity index (χ0) is 17.2. The van der Waals surface area contributed by atoms with Crippen molar-refractivity contribution >= 4 is 11.8 Å². The van der Waals surface area contributed by atoms with Crippen molar-refractivity contribution in [2.75, 3.05) is 33.4 Å². The first-order valence-electron chi connectivity index (χ1n) is 8.26. The lowest BCUT2D eigenvalue weighted by Crippen LogP contribution is -2.46. The summed E-state index contributed by atoms with van der Waals surface area (Å²) < 4.78 is 13.2. The minimum atomic E-state index is -0.228. The predicted molar refractivity (Wildman–Crippen MR) is 85.5 cm³/mol. The quantitative estimate of drug-likeness (QED) is 0.833. The number of amides is 2. The van der Waals surface area contributed by atoms with Gasteiger partial charge >= 0.3 is 0 Å². The molecule has 1 aromatic rings. The first kappa shape index (κ1) is 16.9. The summed E-state index contributed by atoms with van der Waals surface area (Å²) in [6.07, 6.45) is 4.06. The number of carbonyl (C=O) groups excluding carboxylic acids is 2. The van der Waals surface area contributed by atoms with Gasteiger partial charge in [-0.1, -0.05) is 0 Å². The minimum Gasteiger partial charge on any atom is -0.372 e. The molecule has 0 aromatic carbocycles. The van der Waals surface area contributed by atoms with Crippen LogP contribution in [0.3, 0.4) is 0 Å². The minimum absolute atomic E-state index is 0.0316. The molecular weight excluding hydrogens is 312 g/mol. The smallest absolute Gasteiger partial charge is 0.274 e. The summed E-state index contributed by atoms with van der Waals surface area (Å²) >= 11 is 0. The largest absolute Gasteiger partial charge is 0.372 e. The SMILES string of the molecule is CNC(=O)CO[C@@H]1COC2(CCN(C(=O)c3ccn(C)n3)CC2)C1. The number of nitrogens with zero attached hydrogens (tertiary/aromatic N) is 3.